The molecule has 2 heteroatoms. The zero-order chi connectivity index (χ0) is 17.6. The van der Waals surface area contributed by atoms with Crippen molar-refractivity contribution in [3.8, 4) is 22.6 Å². The van der Waals surface area contributed by atoms with Gasteiger partial charge in [-0.1, -0.05) is 42.5 Å². The van der Waals surface area contributed by atoms with Crippen LogP contribution in [0.15, 0.2) is 66.7 Å². The first-order chi connectivity index (χ1) is 12.1. The second-order valence-corrected chi connectivity index (χ2v) is 6.36. The summed E-state index contributed by atoms with van der Waals surface area (Å²) in [5.41, 5.74) is 4.74. The summed E-state index contributed by atoms with van der Waals surface area (Å²) in [6, 6.07) is 25.4. The molecule has 3 aromatic carbocycles. The van der Waals surface area contributed by atoms with Crippen molar-refractivity contribution in [3.05, 3.63) is 83.9 Å². The average Bonchev–Trinajstić information content (AvgIpc) is 2.61. The van der Waals surface area contributed by atoms with Gasteiger partial charge in [0.15, 0.2) is 0 Å². The summed E-state index contributed by atoms with van der Waals surface area (Å²) in [5, 5.41) is 0. The third-order valence-corrected chi connectivity index (χ3v) is 3.88. The van der Waals surface area contributed by atoms with Gasteiger partial charge in [0.25, 0.3) is 0 Å². The maximum absolute atomic E-state index is 5.80. The molecule has 0 N–H and O–H groups in total. The topological polar surface area (TPSA) is 18.5 Å². The van der Waals surface area contributed by atoms with Crippen molar-refractivity contribution in [3.63, 3.8) is 0 Å². The minimum absolute atomic E-state index is 0.181. The van der Waals surface area contributed by atoms with Gasteiger partial charge in [0.1, 0.15) is 18.1 Å². The quantitative estimate of drug-likeness (QED) is 0.566. The van der Waals surface area contributed by atoms with E-state index in [1.54, 1.807) is 0 Å². The number of aryl methyl sites for hydroxylation is 1. The van der Waals surface area contributed by atoms with Crippen molar-refractivity contribution < 1.29 is 9.47 Å². The molecule has 0 aliphatic rings. The summed E-state index contributed by atoms with van der Waals surface area (Å²) in [6.45, 7) is 6.72. The molecule has 25 heavy (non-hydrogen) atoms. The molecule has 0 unspecified atom stereocenters. The fraction of sp³-hybridized carbons (Fsp3) is 0.217. The molecule has 0 saturated heterocycles. The number of hydrogen-bond donors (Lipinski definition) is 0. The lowest BCUT2D eigenvalue weighted by atomic mass is 9.99. The van der Waals surface area contributed by atoms with E-state index in [0.717, 1.165) is 17.1 Å². The van der Waals surface area contributed by atoms with Gasteiger partial charge < -0.3 is 9.47 Å². The third-order valence-electron chi connectivity index (χ3n) is 3.88. The molecule has 0 aliphatic heterocycles. The average molecular weight is 331 g/mol. The summed E-state index contributed by atoms with van der Waals surface area (Å²) in [6.07, 6.45) is 0.181. The van der Waals surface area contributed by atoms with Crippen LogP contribution in [-0.2, 0) is 6.61 Å². The molecule has 0 bridgehead atoms. The van der Waals surface area contributed by atoms with Crippen LogP contribution in [0.1, 0.15) is 25.0 Å². The molecule has 0 saturated carbocycles. The van der Waals surface area contributed by atoms with E-state index in [0.29, 0.717) is 6.61 Å². The molecule has 0 aromatic heterocycles. The van der Waals surface area contributed by atoms with E-state index in [4.69, 9.17) is 9.47 Å². The predicted molar refractivity (Wildman–Crippen MR) is 102 cm³/mol. The van der Waals surface area contributed by atoms with E-state index >= 15 is 0 Å². The smallest absolute Gasteiger partial charge is 0.127 e. The molecule has 0 aliphatic carbocycles. The summed E-state index contributed by atoms with van der Waals surface area (Å²) in [5.74, 6) is 1.68. The van der Waals surface area contributed by atoms with Crippen molar-refractivity contribution in [1.82, 2.24) is 0 Å². The summed E-state index contributed by atoms with van der Waals surface area (Å²) in [4.78, 5) is 0. The van der Waals surface area contributed by atoms with Crippen molar-refractivity contribution in [2.75, 3.05) is 0 Å². The van der Waals surface area contributed by atoms with Gasteiger partial charge in [-0.05, 0) is 67.3 Å². The van der Waals surface area contributed by atoms with E-state index < -0.39 is 0 Å². The van der Waals surface area contributed by atoms with Crippen molar-refractivity contribution in [1.29, 1.82) is 0 Å². The van der Waals surface area contributed by atoms with E-state index in [1.165, 1.54) is 16.7 Å². The molecule has 0 amide bonds. The van der Waals surface area contributed by atoms with Gasteiger partial charge in [0, 0.05) is 6.07 Å². The molecular weight excluding hydrogens is 308 g/mol. The van der Waals surface area contributed by atoms with E-state index in [9.17, 15) is 0 Å². The second kappa shape index (κ2) is 7.89. The number of para-hydroxylation sites is 1. The first-order valence-corrected chi connectivity index (χ1v) is 8.58. The number of hydrogen-bond acceptors (Lipinski definition) is 2. The molecule has 3 aromatic rings. The minimum Gasteiger partial charge on any atom is -0.491 e. The molecular formula is C23H23O2. The summed E-state index contributed by atoms with van der Waals surface area (Å²) in [7, 11) is 0. The largest absolute Gasteiger partial charge is 0.491 e. The van der Waals surface area contributed by atoms with E-state index in [-0.39, 0.29) is 6.10 Å². The monoisotopic (exact) mass is 331 g/mol. The van der Waals surface area contributed by atoms with Crippen LogP contribution >= 0.6 is 0 Å². The summed E-state index contributed by atoms with van der Waals surface area (Å²) < 4.78 is 11.6. The first kappa shape index (κ1) is 17.1. The van der Waals surface area contributed by atoms with Crippen molar-refractivity contribution in [2.45, 2.75) is 33.5 Å². The van der Waals surface area contributed by atoms with Gasteiger partial charge in [0.2, 0.25) is 0 Å². The van der Waals surface area contributed by atoms with Gasteiger partial charge in [-0.2, -0.15) is 0 Å². The highest BCUT2D eigenvalue weighted by Gasteiger charge is 2.06. The van der Waals surface area contributed by atoms with Gasteiger partial charge in [0.05, 0.1) is 6.10 Å². The van der Waals surface area contributed by atoms with Crippen molar-refractivity contribution in [2.24, 2.45) is 0 Å². The molecule has 2 nitrogen and oxygen atoms in total. The maximum atomic E-state index is 5.80. The van der Waals surface area contributed by atoms with E-state index in [1.807, 2.05) is 44.2 Å². The Morgan fingerprint density at radius 1 is 0.960 bits per heavy atom. The Morgan fingerprint density at radius 3 is 2.56 bits per heavy atom. The number of benzene rings is 3. The minimum atomic E-state index is 0.181. The van der Waals surface area contributed by atoms with E-state index in [2.05, 4.69) is 49.4 Å². The van der Waals surface area contributed by atoms with Crippen LogP contribution in [0.2, 0.25) is 0 Å². The van der Waals surface area contributed by atoms with Gasteiger partial charge in [-0.3, -0.25) is 0 Å². The van der Waals surface area contributed by atoms with Gasteiger partial charge in [-0.25, -0.2) is 0 Å². The Bertz CT molecular complexity index is 823. The molecule has 127 valence electrons. The Labute approximate surface area is 150 Å². The molecule has 3 rings (SSSR count). The highest BCUT2D eigenvalue weighted by Crippen LogP contribution is 2.28. The maximum Gasteiger partial charge on any atom is 0.127 e. The van der Waals surface area contributed by atoms with Crippen LogP contribution in [0.25, 0.3) is 11.1 Å². The zero-order valence-electron chi connectivity index (χ0n) is 15.0. The number of ether oxygens (including phenoxy) is 2. The molecule has 0 spiro atoms. The van der Waals surface area contributed by atoms with Crippen LogP contribution in [0.5, 0.6) is 11.5 Å². The van der Waals surface area contributed by atoms with Crippen LogP contribution in [-0.4, -0.2) is 6.10 Å². The van der Waals surface area contributed by atoms with Crippen LogP contribution in [0, 0.1) is 13.0 Å². The highest BCUT2D eigenvalue weighted by atomic mass is 16.5. The van der Waals surface area contributed by atoms with Crippen LogP contribution < -0.4 is 9.47 Å². The van der Waals surface area contributed by atoms with Gasteiger partial charge in [-0.15, -0.1) is 0 Å². The first-order valence-electron chi connectivity index (χ1n) is 8.58. The standard InChI is InChI=1S/C23H23O2/c1-17(2)25-22-12-13-23(18(3)14-22)20-9-7-8-19(15-20)16-24-21-10-5-4-6-11-21/h4-10,12-15,17H,16H2,1-3H3. The molecule has 1 radical (unpaired) electrons. The number of rotatable bonds is 6. The van der Waals surface area contributed by atoms with Gasteiger partial charge >= 0.3 is 0 Å². The lowest BCUT2D eigenvalue weighted by Gasteiger charge is -2.13. The van der Waals surface area contributed by atoms with Crippen LogP contribution in [0.4, 0.5) is 0 Å². The second-order valence-electron chi connectivity index (χ2n) is 6.36. The molecule has 0 heterocycles. The Morgan fingerprint density at radius 2 is 1.84 bits per heavy atom. The Hall–Kier alpha value is -2.74. The fourth-order valence-corrected chi connectivity index (χ4v) is 2.76. The normalized spacial score (nSPS) is 10.7. The lowest BCUT2D eigenvalue weighted by Crippen LogP contribution is -2.05. The lowest BCUT2D eigenvalue weighted by molar-refractivity contribution is 0.242. The van der Waals surface area contributed by atoms with Crippen molar-refractivity contribution >= 4 is 0 Å². The summed E-state index contributed by atoms with van der Waals surface area (Å²) >= 11 is 0. The predicted octanol–water partition coefficient (Wildman–Crippen LogP) is 5.83. The Kier molecular flexibility index (Phi) is 5.39. The SMILES string of the molecule is Cc1cc(OC(C)C)ccc1-c1cccc(COc2[c]cccc2)c1. The Balaban J connectivity index is 1.77. The third kappa shape index (κ3) is 4.63. The van der Waals surface area contributed by atoms with Crippen LogP contribution in [0.3, 0.4) is 0 Å². The fourth-order valence-electron chi connectivity index (χ4n) is 2.76. The highest BCUT2D eigenvalue weighted by molar-refractivity contribution is 5.68. The molecule has 0 fully saturated rings. The molecule has 0 atom stereocenters. The zero-order valence-corrected chi connectivity index (χ0v) is 15.0.